The zero-order valence-electron chi connectivity index (χ0n) is 17.0. The van der Waals surface area contributed by atoms with Crippen LogP contribution in [0.4, 0.5) is 5.69 Å². The molecule has 2 aromatic carbocycles. The number of anilines is 1. The lowest BCUT2D eigenvalue weighted by atomic mass is 10.1. The number of hydroxylamine groups is 2. The molecule has 1 aromatic heterocycles. The van der Waals surface area contributed by atoms with Crippen LogP contribution in [-0.4, -0.2) is 33.5 Å². The highest BCUT2D eigenvalue weighted by atomic mass is 16.6. The van der Waals surface area contributed by atoms with Crippen LogP contribution in [0.5, 0.6) is 5.75 Å². The van der Waals surface area contributed by atoms with Gasteiger partial charge in [0.1, 0.15) is 12.4 Å². The Morgan fingerprint density at radius 2 is 2.00 bits per heavy atom. The molecule has 1 unspecified atom stereocenters. The maximum absolute atomic E-state index is 12.1. The first-order chi connectivity index (χ1) is 13.8. The molecule has 29 heavy (non-hydrogen) atoms. The Balaban J connectivity index is 1.54. The maximum Gasteiger partial charge on any atom is 0.188 e. The SMILES string of the molecule is Cc1cnn(-c2ccc(OCc3c(C)cccc3N3C[N+](C)([O-])NN3)c(C)c2)n1. The summed E-state index contributed by atoms with van der Waals surface area (Å²) in [5.41, 5.74) is 11.4. The minimum Gasteiger partial charge on any atom is -0.609 e. The first kappa shape index (κ1) is 19.3. The maximum atomic E-state index is 12.1. The number of ether oxygens (including phenoxy) is 1. The van der Waals surface area contributed by atoms with E-state index in [4.69, 9.17) is 4.74 Å². The van der Waals surface area contributed by atoms with Gasteiger partial charge in [-0.1, -0.05) is 17.7 Å². The zero-order chi connectivity index (χ0) is 20.6. The summed E-state index contributed by atoms with van der Waals surface area (Å²) in [5, 5.41) is 22.5. The number of rotatable bonds is 5. The van der Waals surface area contributed by atoms with Crippen LogP contribution in [0, 0.1) is 26.0 Å². The molecule has 0 aliphatic carbocycles. The van der Waals surface area contributed by atoms with Gasteiger partial charge in [-0.15, -0.1) is 5.53 Å². The van der Waals surface area contributed by atoms with Crippen molar-refractivity contribution in [3.05, 3.63) is 70.2 Å². The first-order valence-electron chi connectivity index (χ1n) is 9.41. The van der Waals surface area contributed by atoms with Gasteiger partial charge >= 0.3 is 0 Å². The lowest BCUT2D eigenvalue weighted by Gasteiger charge is -2.29. The number of hydrazine groups is 2. The molecule has 0 saturated carbocycles. The van der Waals surface area contributed by atoms with Crippen molar-refractivity contribution in [3.63, 3.8) is 0 Å². The third-order valence-corrected chi connectivity index (χ3v) is 4.88. The number of benzene rings is 2. The van der Waals surface area contributed by atoms with Crippen LogP contribution in [0.25, 0.3) is 5.69 Å². The summed E-state index contributed by atoms with van der Waals surface area (Å²) in [6.07, 6.45) is 1.73. The summed E-state index contributed by atoms with van der Waals surface area (Å²) >= 11 is 0. The van der Waals surface area contributed by atoms with Crippen LogP contribution in [0.1, 0.15) is 22.4 Å². The van der Waals surface area contributed by atoms with Gasteiger partial charge in [0.05, 0.1) is 30.3 Å². The van der Waals surface area contributed by atoms with Gasteiger partial charge in [-0.25, -0.2) is 5.01 Å². The van der Waals surface area contributed by atoms with Crippen molar-refractivity contribution in [1.82, 2.24) is 26.1 Å². The van der Waals surface area contributed by atoms with Gasteiger partial charge in [0.25, 0.3) is 0 Å². The van der Waals surface area contributed by atoms with Gasteiger partial charge in [-0.3, -0.25) is 4.76 Å². The highest BCUT2D eigenvalue weighted by molar-refractivity contribution is 5.56. The Morgan fingerprint density at radius 3 is 2.66 bits per heavy atom. The molecule has 1 atom stereocenters. The van der Waals surface area contributed by atoms with E-state index >= 15 is 0 Å². The summed E-state index contributed by atoms with van der Waals surface area (Å²) < 4.78 is 5.56. The van der Waals surface area contributed by atoms with Crippen LogP contribution in [0.2, 0.25) is 0 Å². The summed E-state index contributed by atoms with van der Waals surface area (Å²) in [6.45, 7) is 6.59. The van der Waals surface area contributed by atoms with Crippen LogP contribution in [-0.2, 0) is 6.61 Å². The number of nitrogens with one attached hydrogen (secondary N) is 2. The Labute approximate surface area is 169 Å². The second-order valence-electron chi connectivity index (χ2n) is 7.48. The lowest BCUT2D eigenvalue weighted by molar-refractivity contribution is -0.895. The Morgan fingerprint density at radius 1 is 1.17 bits per heavy atom. The smallest absolute Gasteiger partial charge is 0.188 e. The second kappa shape index (κ2) is 7.45. The summed E-state index contributed by atoms with van der Waals surface area (Å²) in [6, 6.07) is 11.9. The normalized spacial score (nSPS) is 19.0. The number of quaternary nitrogens is 1. The largest absolute Gasteiger partial charge is 0.609 e. The van der Waals surface area contributed by atoms with Gasteiger partial charge in [-0.2, -0.15) is 15.0 Å². The van der Waals surface area contributed by atoms with Crippen LogP contribution in [0.3, 0.4) is 0 Å². The molecule has 1 aliphatic heterocycles. The van der Waals surface area contributed by atoms with E-state index in [0.29, 0.717) is 6.61 Å². The minimum absolute atomic E-state index is 0.250. The Bertz CT molecular complexity index is 1030. The standard InChI is InChI=1S/C20H25N7O2/c1-14-6-5-7-19(25-13-27(4,28)24-23-25)18(14)12-29-20-9-8-17(10-15(20)2)26-21-11-16(3)22-26/h5-11,23-24H,12-13H2,1-4H3. The predicted octanol–water partition coefficient (Wildman–Crippen LogP) is 2.42. The van der Waals surface area contributed by atoms with Crippen molar-refractivity contribution >= 4 is 5.69 Å². The Hall–Kier alpha value is -2.98. The molecule has 152 valence electrons. The summed E-state index contributed by atoms with van der Waals surface area (Å²) in [5.74, 6) is 0.795. The number of aryl methyl sites for hydroxylation is 3. The average Bonchev–Trinajstić information content (AvgIpc) is 3.26. The lowest BCUT2D eigenvalue weighted by Crippen LogP contribution is -2.47. The molecule has 2 N–H and O–H groups in total. The first-order valence-corrected chi connectivity index (χ1v) is 9.41. The molecule has 0 radical (unpaired) electrons. The fraction of sp³-hybridized carbons (Fsp3) is 0.300. The highest BCUT2D eigenvalue weighted by Gasteiger charge is 2.27. The third-order valence-electron chi connectivity index (χ3n) is 4.88. The van der Waals surface area contributed by atoms with Crippen molar-refractivity contribution in [3.8, 4) is 11.4 Å². The summed E-state index contributed by atoms with van der Waals surface area (Å²) in [7, 11) is 1.56. The number of hydrogen-bond acceptors (Lipinski definition) is 7. The molecule has 1 saturated heterocycles. The van der Waals surface area contributed by atoms with E-state index in [-0.39, 0.29) is 6.67 Å². The van der Waals surface area contributed by atoms with Crippen LogP contribution in [0.15, 0.2) is 42.6 Å². The van der Waals surface area contributed by atoms with Crippen molar-refractivity contribution in [1.29, 1.82) is 0 Å². The Kier molecular flexibility index (Phi) is 4.97. The van der Waals surface area contributed by atoms with Gasteiger partial charge in [-0.05, 0) is 56.2 Å². The molecule has 9 heteroatoms. The number of nitrogens with zero attached hydrogens (tertiary/aromatic N) is 5. The molecule has 0 spiro atoms. The molecule has 1 aliphatic rings. The molecule has 4 rings (SSSR count). The molecule has 1 fully saturated rings. The quantitative estimate of drug-likeness (QED) is 0.506. The second-order valence-corrected chi connectivity index (χ2v) is 7.48. The van der Waals surface area contributed by atoms with E-state index < -0.39 is 4.76 Å². The molecular formula is C20H25N7O2. The van der Waals surface area contributed by atoms with E-state index in [0.717, 1.165) is 39.5 Å². The molecule has 0 bridgehead atoms. The van der Waals surface area contributed by atoms with Gasteiger partial charge in [0.15, 0.2) is 6.67 Å². The van der Waals surface area contributed by atoms with Crippen molar-refractivity contribution in [2.45, 2.75) is 27.4 Å². The number of aromatic nitrogens is 3. The molecule has 0 amide bonds. The summed E-state index contributed by atoms with van der Waals surface area (Å²) in [4.78, 5) is 1.61. The van der Waals surface area contributed by atoms with Crippen LogP contribution >= 0.6 is 0 Å². The predicted molar refractivity (Wildman–Crippen MR) is 110 cm³/mol. The molecule has 3 aromatic rings. The third kappa shape index (κ3) is 4.08. The number of hydrogen-bond donors (Lipinski definition) is 2. The van der Waals surface area contributed by atoms with E-state index in [9.17, 15) is 5.21 Å². The van der Waals surface area contributed by atoms with E-state index in [1.807, 2.05) is 57.2 Å². The highest BCUT2D eigenvalue weighted by Crippen LogP contribution is 2.28. The molecule has 2 heterocycles. The fourth-order valence-corrected chi connectivity index (χ4v) is 3.30. The van der Waals surface area contributed by atoms with E-state index in [1.54, 1.807) is 23.0 Å². The van der Waals surface area contributed by atoms with E-state index in [2.05, 4.69) is 21.3 Å². The van der Waals surface area contributed by atoms with Gasteiger partial charge in [0, 0.05) is 5.56 Å². The van der Waals surface area contributed by atoms with Gasteiger partial charge < -0.3 is 9.94 Å². The van der Waals surface area contributed by atoms with Crippen molar-refractivity contribution in [2.75, 3.05) is 18.7 Å². The fourth-order valence-electron chi connectivity index (χ4n) is 3.30. The molecule has 9 nitrogen and oxygen atoms in total. The van der Waals surface area contributed by atoms with Crippen molar-refractivity contribution in [2.24, 2.45) is 0 Å². The van der Waals surface area contributed by atoms with Crippen LogP contribution < -0.4 is 20.8 Å². The van der Waals surface area contributed by atoms with E-state index in [1.165, 1.54) is 0 Å². The van der Waals surface area contributed by atoms with Crippen molar-refractivity contribution < 1.29 is 9.49 Å². The minimum atomic E-state index is -0.588. The zero-order valence-corrected chi connectivity index (χ0v) is 17.0. The van der Waals surface area contributed by atoms with Gasteiger partial charge in [0.2, 0.25) is 0 Å². The topological polar surface area (TPSA) is 90.3 Å². The monoisotopic (exact) mass is 395 g/mol. The average molecular weight is 395 g/mol. The molecular weight excluding hydrogens is 370 g/mol.